The van der Waals surface area contributed by atoms with Gasteiger partial charge < -0.3 is 23.7 Å². The largest absolute Gasteiger partial charge is 0.450 e. The number of azide groups is 1. The molecule has 4 atom stereocenters. The van der Waals surface area contributed by atoms with Crippen molar-refractivity contribution in [2.24, 2.45) is 5.11 Å². The third-order valence-electron chi connectivity index (χ3n) is 5.38. The van der Waals surface area contributed by atoms with E-state index in [0.717, 1.165) is 5.56 Å². The summed E-state index contributed by atoms with van der Waals surface area (Å²) in [5, 5.41) is 3.84. The zero-order chi connectivity index (χ0) is 22.6. The first-order valence-electron chi connectivity index (χ1n) is 10.4. The fourth-order valence-electron chi connectivity index (χ4n) is 3.86. The molecule has 2 heterocycles. The molecule has 4 rings (SSSR count). The lowest BCUT2D eigenvalue weighted by Gasteiger charge is -2.45. The van der Waals surface area contributed by atoms with Crippen molar-refractivity contribution < 1.29 is 28.5 Å². The maximum atomic E-state index is 13.0. The van der Waals surface area contributed by atoms with E-state index in [0.29, 0.717) is 5.56 Å². The van der Waals surface area contributed by atoms with Gasteiger partial charge in [-0.05, 0) is 37.1 Å². The molecule has 2 aliphatic heterocycles. The standard InChI is InChI=1S/C23H25N3O6/c1-22(2)30-15-23(32-22)20(31-21(27)17-11-7-4-8-12-17)19(18(14-29-23)25-26-24)28-13-16-9-5-3-6-10-16/h3-12,18-20H,13-15H2,1-2H3/t18-,19-,20+,23+/m1/s1. The summed E-state index contributed by atoms with van der Waals surface area (Å²) in [5.74, 6) is -2.91. The van der Waals surface area contributed by atoms with Gasteiger partial charge in [0, 0.05) is 4.91 Å². The van der Waals surface area contributed by atoms with E-state index >= 15 is 0 Å². The maximum Gasteiger partial charge on any atom is 0.338 e. The summed E-state index contributed by atoms with van der Waals surface area (Å²) in [4.78, 5) is 15.9. The first-order valence-corrected chi connectivity index (χ1v) is 10.4. The van der Waals surface area contributed by atoms with Gasteiger partial charge in [0.15, 0.2) is 11.9 Å². The summed E-state index contributed by atoms with van der Waals surface area (Å²) in [6.45, 7) is 3.78. The molecule has 2 aliphatic rings. The summed E-state index contributed by atoms with van der Waals surface area (Å²) in [6, 6.07) is 17.4. The molecule has 0 radical (unpaired) electrons. The van der Waals surface area contributed by atoms with E-state index in [-0.39, 0.29) is 19.8 Å². The Balaban J connectivity index is 1.66. The highest BCUT2D eigenvalue weighted by atomic mass is 16.8. The Morgan fingerprint density at radius 2 is 1.81 bits per heavy atom. The van der Waals surface area contributed by atoms with Gasteiger partial charge in [0.25, 0.3) is 0 Å². The van der Waals surface area contributed by atoms with E-state index in [1.54, 1.807) is 38.1 Å². The minimum Gasteiger partial charge on any atom is -0.450 e. The van der Waals surface area contributed by atoms with Crippen LogP contribution in [0.4, 0.5) is 0 Å². The Hall–Kier alpha value is -2.94. The van der Waals surface area contributed by atoms with Crippen LogP contribution in [0.2, 0.25) is 0 Å². The van der Waals surface area contributed by atoms with Crippen LogP contribution >= 0.6 is 0 Å². The van der Waals surface area contributed by atoms with E-state index in [1.165, 1.54) is 0 Å². The van der Waals surface area contributed by atoms with Crippen molar-refractivity contribution in [3.8, 4) is 0 Å². The Morgan fingerprint density at radius 1 is 1.12 bits per heavy atom. The van der Waals surface area contributed by atoms with Crippen LogP contribution in [-0.2, 0) is 30.3 Å². The summed E-state index contributed by atoms with van der Waals surface area (Å²) < 4.78 is 29.9. The predicted octanol–water partition coefficient (Wildman–Crippen LogP) is 3.99. The van der Waals surface area contributed by atoms with Gasteiger partial charge >= 0.3 is 5.97 Å². The fraction of sp³-hybridized carbons (Fsp3) is 0.435. The summed E-state index contributed by atoms with van der Waals surface area (Å²) in [6.07, 6.45) is -1.85. The number of hydrogen-bond acceptors (Lipinski definition) is 7. The molecular formula is C23H25N3O6. The number of nitrogens with zero attached hydrogens (tertiary/aromatic N) is 3. The molecule has 9 heteroatoms. The summed E-state index contributed by atoms with van der Waals surface area (Å²) in [5.41, 5.74) is 10.4. The molecule has 168 valence electrons. The second-order valence-electron chi connectivity index (χ2n) is 8.14. The average Bonchev–Trinajstić information content (AvgIpc) is 3.12. The number of ether oxygens (including phenoxy) is 5. The quantitative estimate of drug-likeness (QED) is 0.291. The van der Waals surface area contributed by atoms with Crippen LogP contribution in [0.3, 0.4) is 0 Å². The molecule has 1 spiro atoms. The van der Waals surface area contributed by atoms with Gasteiger partial charge in [0.1, 0.15) is 12.7 Å². The van der Waals surface area contributed by atoms with Crippen molar-refractivity contribution in [3.63, 3.8) is 0 Å². The number of carbonyl (C=O) groups is 1. The number of rotatable bonds is 6. The van der Waals surface area contributed by atoms with Crippen LogP contribution in [0.1, 0.15) is 29.8 Å². The van der Waals surface area contributed by atoms with Crippen molar-refractivity contribution in [2.75, 3.05) is 13.2 Å². The van der Waals surface area contributed by atoms with Gasteiger partial charge in [-0.3, -0.25) is 0 Å². The van der Waals surface area contributed by atoms with Crippen molar-refractivity contribution in [1.29, 1.82) is 0 Å². The second kappa shape index (κ2) is 9.28. The van der Waals surface area contributed by atoms with Crippen molar-refractivity contribution in [1.82, 2.24) is 0 Å². The molecule has 0 amide bonds. The summed E-state index contributed by atoms with van der Waals surface area (Å²) >= 11 is 0. The highest BCUT2D eigenvalue weighted by Crippen LogP contribution is 2.42. The van der Waals surface area contributed by atoms with Gasteiger partial charge in [-0.25, -0.2) is 4.79 Å². The third kappa shape index (κ3) is 4.77. The molecule has 0 aliphatic carbocycles. The zero-order valence-corrected chi connectivity index (χ0v) is 17.9. The predicted molar refractivity (Wildman–Crippen MR) is 113 cm³/mol. The van der Waals surface area contributed by atoms with Gasteiger partial charge in [0.2, 0.25) is 5.79 Å². The van der Waals surface area contributed by atoms with E-state index in [1.807, 2.05) is 36.4 Å². The van der Waals surface area contributed by atoms with E-state index in [9.17, 15) is 4.79 Å². The van der Waals surface area contributed by atoms with Gasteiger partial charge in [0.05, 0.1) is 24.8 Å². The molecule has 2 aromatic rings. The SMILES string of the molecule is CC1(C)OC[C@]2(OC[C@@H](N=[N+]=[N-])[C@@H](OCc3ccccc3)[C@@H]2OC(=O)c2ccccc2)O1. The Labute approximate surface area is 185 Å². The molecular weight excluding hydrogens is 414 g/mol. The molecule has 2 fully saturated rings. The number of esters is 1. The Bertz CT molecular complexity index is 980. The van der Waals surface area contributed by atoms with E-state index in [2.05, 4.69) is 10.0 Å². The Morgan fingerprint density at radius 3 is 2.44 bits per heavy atom. The molecule has 9 nitrogen and oxygen atoms in total. The van der Waals surface area contributed by atoms with Crippen LogP contribution in [-0.4, -0.2) is 49.0 Å². The van der Waals surface area contributed by atoms with Crippen LogP contribution in [0, 0.1) is 0 Å². The first-order chi connectivity index (χ1) is 15.4. The third-order valence-corrected chi connectivity index (χ3v) is 5.38. The van der Waals surface area contributed by atoms with Gasteiger partial charge in [-0.1, -0.05) is 53.6 Å². The van der Waals surface area contributed by atoms with Gasteiger partial charge in [-0.15, -0.1) is 0 Å². The van der Waals surface area contributed by atoms with Crippen LogP contribution in [0.5, 0.6) is 0 Å². The second-order valence-corrected chi connectivity index (χ2v) is 8.14. The monoisotopic (exact) mass is 439 g/mol. The number of carbonyl (C=O) groups excluding carboxylic acids is 1. The minimum absolute atomic E-state index is 0.0287. The minimum atomic E-state index is -1.39. The van der Waals surface area contributed by atoms with E-state index in [4.69, 9.17) is 29.2 Å². The van der Waals surface area contributed by atoms with Crippen LogP contribution in [0.25, 0.3) is 10.4 Å². The van der Waals surface area contributed by atoms with Crippen molar-refractivity contribution in [3.05, 3.63) is 82.2 Å². The molecule has 2 saturated heterocycles. The van der Waals surface area contributed by atoms with Crippen molar-refractivity contribution >= 4 is 5.97 Å². The molecule has 2 aromatic carbocycles. The fourth-order valence-corrected chi connectivity index (χ4v) is 3.86. The summed E-state index contributed by atoms with van der Waals surface area (Å²) in [7, 11) is 0. The van der Waals surface area contributed by atoms with Crippen LogP contribution in [0.15, 0.2) is 65.8 Å². The zero-order valence-electron chi connectivity index (χ0n) is 17.9. The highest BCUT2D eigenvalue weighted by molar-refractivity contribution is 5.89. The number of hydrogen-bond donors (Lipinski definition) is 0. The van der Waals surface area contributed by atoms with Crippen LogP contribution < -0.4 is 0 Å². The molecule has 0 unspecified atom stereocenters. The Kier molecular flexibility index (Phi) is 6.45. The number of benzene rings is 2. The molecule has 0 N–H and O–H groups in total. The normalized spacial score (nSPS) is 28.8. The molecule has 32 heavy (non-hydrogen) atoms. The van der Waals surface area contributed by atoms with Crippen molar-refractivity contribution in [2.45, 2.75) is 50.3 Å². The smallest absolute Gasteiger partial charge is 0.338 e. The molecule has 0 bridgehead atoms. The van der Waals surface area contributed by atoms with E-state index < -0.39 is 35.8 Å². The topological polar surface area (TPSA) is 112 Å². The average molecular weight is 439 g/mol. The molecule has 0 saturated carbocycles. The first kappa shape index (κ1) is 22.3. The van der Waals surface area contributed by atoms with Gasteiger partial charge in [-0.2, -0.15) is 0 Å². The highest BCUT2D eigenvalue weighted by Gasteiger charge is 2.61. The lowest BCUT2D eigenvalue weighted by atomic mass is 9.95. The molecule has 0 aromatic heterocycles. The lowest BCUT2D eigenvalue weighted by molar-refractivity contribution is -0.327. The maximum absolute atomic E-state index is 13.0. The lowest BCUT2D eigenvalue weighted by Crippen LogP contribution is -2.64.